The van der Waals surface area contributed by atoms with E-state index >= 15 is 0 Å². The molecule has 0 aliphatic rings. The molecule has 0 heterocycles. The Morgan fingerprint density at radius 1 is 1.08 bits per heavy atom. The molecule has 2 aromatic rings. The normalized spacial score (nSPS) is 11.6. The van der Waals surface area contributed by atoms with Gasteiger partial charge in [0.2, 0.25) is 0 Å². The van der Waals surface area contributed by atoms with Crippen molar-refractivity contribution >= 4 is 11.8 Å². The van der Waals surface area contributed by atoms with E-state index in [1.165, 1.54) is 0 Å². The number of benzene rings is 2. The molecular formula is C19H22N2O4. The smallest absolute Gasteiger partial charge is 0.255 e. The molecule has 2 amide bonds. The quantitative estimate of drug-likeness (QED) is 0.769. The van der Waals surface area contributed by atoms with E-state index in [1.807, 2.05) is 31.2 Å². The highest BCUT2D eigenvalue weighted by molar-refractivity contribution is 5.94. The van der Waals surface area contributed by atoms with Gasteiger partial charge in [-0.25, -0.2) is 0 Å². The summed E-state index contributed by atoms with van der Waals surface area (Å²) < 4.78 is 10.3. The summed E-state index contributed by atoms with van der Waals surface area (Å²) in [5.41, 5.74) is 7.57. The summed E-state index contributed by atoms with van der Waals surface area (Å²) in [5.74, 6) is -0.124. The summed E-state index contributed by atoms with van der Waals surface area (Å²) in [7, 11) is 1.63. The molecule has 1 unspecified atom stereocenters. The fourth-order valence-corrected chi connectivity index (χ4v) is 2.29. The standard InChI is InChI=1S/C19H22N2O4/c1-13(15-7-9-17(10-8-15)25-12-18(20)22)21-19(23)16-5-3-14(4-6-16)11-24-2/h3-10,13H,11-12H2,1-2H3,(H2,20,22)(H,21,23). The van der Waals surface area contributed by atoms with Gasteiger partial charge in [-0.3, -0.25) is 9.59 Å². The van der Waals surface area contributed by atoms with Crippen molar-refractivity contribution in [3.8, 4) is 5.75 Å². The zero-order valence-corrected chi connectivity index (χ0v) is 14.3. The molecule has 0 aromatic heterocycles. The van der Waals surface area contributed by atoms with Gasteiger partial charge in [0, 0.05) is 12.7 Å². The van der Waals surface area contributed by atoms with Crippen molar-refractivity contribution in [3.05, 3.63) is 65.2 Å². The van der Waals surface area contributed by atoms with E-state index in [4.69, 9.17) is 15.2 Å². The minimum atomic E-state index is -0.527. The molecule has 0 aliphatic heterocycles. The third-order valence-corrected chi connectivity index (χ3v) is 3.64. The first-order valence-electron chi connectivity index (χ1n) is 7.89. The van der Waals surface area contributed by atoms with Crippen LogP contribution in [0.15, 0.2) is 48.5 Å². The molecule has 1 atom stereocenters. The molecule has 0 bridgehead atoms. The van der Waals surface area contributed by atoms with Crippen LogP contribution in [0.1, 0.15) is 34.5 Å². The number of nitrogens with two attached hydrogens (primary N) is 1. The summed E-state index contributed by atoms with van der Waals surface area (Å²) in [6, 6.07) is 14.3. The van der Waals surface area contributed by atoms with Gasteiger partial charge in [-0.05, 0) is 42.3 Å². The molecule has 6 nitrogen and oxygen atoms in total. The number of methoxy groups -OCH3 is 1. The number of nitrogens with one attached hydrogen (secondary N) is 1. The van der Waals surface area contributed by atoms with E-state index < -0.39 is 5.91 Å². The molecule has 0 aliphatic carbocycles. The Kier molecular flexibility index (Phi) is 6.54. The summed E-state index contributed by atoms with van der Waals surface area (Å²) in [5, 5.41) is 2.95. The minimum Gasteiger partial charge on any atom is -0.484 e. The topological polar surface area (TPSA) is 90.7 Å². The van der Waals surface area contributed by atoms with Crippen LogP contribution in [0.4, 0.5) is 0 Å². The first-order chi connectivity index (χ1) is 12.0. The van der Waals surface area contributed by atoms with Gasteiger partial charge in [-0.2, -0.15) is 0 Å². The molecule has 25 heavy (non-hydrogen) atoms. The maximum atomic E-state index is 12.3. The molecule has 2 aromatic carbocycles. The highest BCUT2D eigenvalue weighted by Crippen LogP contribution is 2.18. The summed E-state index contributed by atoms with van der Waals surface area (Å²) in [6.45, 7) is 2.25. The lowest BCUT2D eigenvalue weighted by atomic mass is 10.1. The zero-order valence-electron chi connectivity index (χ0n) is 14.3. The lowest BCUT2D eigenvalue weighted by molar-refractivity contribution is -0.119. The maximum absolute atomic E-state index is 12.3. The zero-order chi connectivity index (χ0) is 18.2. The minimum absolute atomic E-state index is 0.148. The number of hydrogen-bond acceptors (Lipinski definition) is 4. The predicted octanol–water partition coefficient (Wildman–Crippen LogP) is 2.19. The van der Waals surface area contributed by atoms with Gasteiger partial charge in [-0.15, -0.1) is 0 Å². The number of hydrogen-bond donors (Lipinski definition) is 2. The molecule has 3 N–H and O–H groups in total. The van der Waals surface area contributed by atoms with Gasteiger partial charge >= 0.3 is 0 Å². The van der Waals surface area contributed by atoms with Crippen molar-refractivity contribution in [1.82, 2.24) is 5.32 Å². The second-order valence-corrected chi connectivity index (χ2v) is 5.65. The van der Waals surface area contributed by atoms with Crippen LogP contribution < -0.4 is 15.8 Å². The third-order valence-electron chi connectivity index (χ3n) is 3.64. The van der Waals surface area contributed by atoms with Gasteiger partial charge in [0.25, 0.3) is 11.8 Å². The second-order valence-electron chi connectivity index (χ2n) is 5.65. The Morgan fingerprint density at radius 2 is 1.72 bits per heavy atom. The number of amides is 2. The number of carbonyl (C=O) groups is 2. The molecule has 2 rings (SSSR count). The van der Waals surface area contributed by atoms with Crippen molar-refractivity contribution in [2.45, 2.75) is 19.6 Å². The molecule has 0 fully saturated rings. The molecular weight excluding hydrogens is 320 g/mol. The number of ether oxygens (including phenoxy) is 2. The highest BCUT2D eigenvalue weighted by Gasteiger charge is 2.11. The molecule has 6 heteroatoms. The number of carbonyl (C=O) groups excluding carboxylic acids is 2. The lowest BCUT2D eigenvalue weighted by Crippen LogP contribution is -2.26. The van der Waals surface area contributed by atoms with Gasteiger partial charge in [0.15, 0.2) is 6.61 Å². The van der Waals surface area contributed by atoms with Gasteiger partial charge in [0.1, 0.15) is 5.75 Å². The van der Waals surface area contributed by atoms with E-state index in [2.05, 4.69) is 5.32 Å². The average Bonchev–Trinajstić information content (AvgIpc) is 2.61. The van der Waals surface area contributed by atoms with Crippen molar-refractivity contribution in [2.24, 2.45) is 5.73 Å². The molecule has 0 spiro atoms. The summed E-state index contributed by atoms with van der Waals surface area (Å²) in [6.07, 6.45) is 0. The van der Waals surface area contributed by atoms with Gasteiger partial charge < -0.3 is 20.5 Å². The Labute approximate surface area is 146 Å². The summed E-state index contributed by atoms with van der Waals surface area (Å²) in [4.78, 5) is 23.0. The van der Waals surface area contributed by atoms with Crippen molar-refractivity contribution in [1.29, 1.82) is 0 Å². The first-order valence-corrected chi connectivity index (χ1v) is 7.89. The summed E-state index contributed by atoms with van der Waals surface area (Å²) >= 11 is 0. The van der Waals surface area contributed by atoms with Crippen LogP contribution in [-0.4, -0.2) is 25.5 Å². The van der Waals surface area contributed by atoms with E-state index in [1.54, 1.807) is 31.4 Å². The Hall–Kier alpha value is -2.86. The van der Waals surface area contributed by atoms with Crippen LogP contribution in [0.2, 0.25) is 0 Å². The Morgan fingerprint density at radius 3 is 2.28 bits per heavy atom. The third kappa shape index (κ3) is 5.61. The Balaban J connectivity index is 1.94. The van der Waals surface area contributed by atoms with Crippen molar-refractivity contribution in [2.75, 3.05) is 13.7 Å². The monoisotopic (exact) mass is 342 g/mol. The molecule has 0 saturated carbocycles. The van der Waals surface area contributed by atoms with E-state index in [-0.39, 0.29) is 18.6 Å². The van der Waals surface area contributed by atoms with Crippen molar-refractivity contribution in [3.63, 3.8) is 0 Å². The van der Waals surface area contributed by atoms with Gasteiger partial charge in [-0.1, -0.05) is 24.3 Å². The highest BCUT2D eigenvalue weighted by atomic mass is 16.5. The van der Waals surface area contributed by atoms with Crippen LogP contribution in [0, 0.1) is 0 Å². The molecule has 0 saturated heterocycles. The number of primary amides is 1. The van der Waals surface area contributed by atoms with Crippen LogP contribution in [0.25, 0.3) is 0 Å². The largest absolute Gasteiger partial charge is 0.484 e. The second kappa shape index (κ2) is 8.84. The molecule has 0 radical (unpaired) electrons. The van der Waals surface area contributed by atoms with E-state index in [0.717, 1.165) is 11.1 Å². The molecule has 132 valence electrons. The first kappa shape index (κ1) is 18.5. The van der Waals surface area contributed by atoms with E-state index in [0.29, 0.717) is 17.9 Å². The van der Waals surface area contributed by atoms with Crippen LogP contribution in [0.3, 0.4) is 0 Å². The fourth-order valence-electron chi connectivity index (χ4n) is 2.29. The average molecular weight is 342 g/mol. The predicted molar refractivity (Wildman–Crippen MR) is 94.2 cm³/mol. The van der Waals surface area contributed by atoms with Crippen molar-refractivity contribution < 1.29 is 19.1 Å². The SMILES string of the molecule is COCc1ccc(C(=O)NC(C)c2ccc(OCC(N)=O)cc2)cc1. The van der Waals surface area contributed by atoms with Crippen LogP contribution >= 0.6 is 0 Å². The number of rotatable bonds is 8. The fraction of sp³-hybridized carbons (Fsp3) is 0.263. The lowest BCUT2D eigenvalue weighted by Gasteiger charge is -2.15. The maximum Gasteiger partial charge on any atom is 0.255 e. The van der Waals surface area contributed by atoms with E-state index in [9.17, 15) is 9.59 Å². The van der Waals surface area contributed by atoms with Crippen LogP contribution in [0.5, 0.6) is 5.75 Å². The van der Waals surface area contributed by atoms with Gasteiger partial charge in [0.05, 0.1) is 12.6 Å². The Bertz CT molecular complexity index is 711. The van der Waals surface area contributed by atoms with Crippen LogP contribution in [-0.2, 0) is 16.1 Å².